The number of H-pyrrole nitrogens is 1. The van der Waals surface area contributed by atoms with Gasteiger partial charge in [-0.25, -0.2) is 0 Å². The van der Waals surface area contributed by atoms with E-state index < -0.39 is 0 Å². The average Bonchev–Trinajstić information content (AvgIpc) is 2.99. The summed E-state index contributed by atoms with van der Waals surface area (Å²) in [5.41, 5.74) is 2.63. The molecule has 0 aliphatic rings. The lowest BCUT2D eigenvalue weighted by molar-refractivity contribution is -0.121. The van der Waals surface area contributed by atoms with Crippen LogP contribution in [0.3, 0.4) is 0 Å². The maximum absolute atomic E-state index is 12.2. The topological polar surface area (TPSA) is 76.1 Å². The van der Waals surface area contributed by atoms with Crippen LogP contribution < -0.4 is 15.5 Å². The number of carbonyl (C=O) groups is 1. The first-order chi connectivity index (χ1) is 12.5. The fourth-order valence-corrected chi connectivity index (χ4v) is 3.05. The molecule has 26 heavy (non-hydrogen) atoms. The highest BCUT2D eigenvalue weighted by atomic mass is 35.5. The molecule has 6 nitrogen and oxygen atoms in total. The van der Waals surface area contributed by atoms with Gasteiger partial charge in [-0.2, -0.15) is 0 Å². The van der Waals surface area contributed by atoms with Crippen molar-refractivity contribution in [1.29, 1.82) is 0 Å². The number of methoxy groups -OCH3 is 1. The largest absolute Gasteiger partial charge is 0.491 e. The first-order valence-corrected chi connectivity index (χ1v) is 8.63. The molecule has 0 saturated heterocycles. The number of amides is 1. The SMILES string of the molecule is COc1cn(CC(=O)NCCc2c[nH]c3ccc(Cl)cc23)c(C)cc1=O. The maximum atomic E-state index is 12.2. The van der Waals surface area contributed by atoms with Crippen LogP contribution in [0.15, 0.2) is 41.5 Å². The van der Waals surface area contributed by atoms with Crippen LogP contribution in [-0.2, 0) is 17.8 Å². The lowest BCUT2D eigenvalue weighted by atomic mass is 10.1. The van der Waals surface area contributed by atoms with E-state index in [1.807, 2.05) is 24.4 Å². The van der Waals surface area contributed by atoms with Crippen molar-refractivity contribution in [2.45, 2.75) is 19.9 Å². The molecule has 0 radical (unpaired) electrons. The molecule has 1 aromatic carbocycles. The van der Waals surface area contributed by atoms with Gasteiger partial charge in [0.15, 0.2) is 5.75 Å². The van der Waals surface area contributed by atoms with Gasteiger partial charge in [0.05, 0.1) is 13.3 Å². The number of hydrogen-bond donors (Lipinski definition) is 2. The van der Waals surface area contributed by atoms with Gasteiger partial charge in [0.25, 0.3) is 0 Å². The van der Waals surface area contributed by atoms with Crippen molar-refractivity contribution < 1.29 is 9.53 Å². The Bertz CT molecular complexity index is 1010. The summed E-state index contributed by atoms with van der Waals surface area (Å²) in [6, 6.07) is 7.15. The zero-order valence-electron chi connectivity index (χ0n) is 14.6. The van der Waals surface area contributed by atoms with Crippen molar-refractivity contribution in [1.82, 2.24) is 14.9 Å². The number of pyridine rings is 1. The zero-order chi connectivity index (χ0) is 18.7. The number of aryl methyl sites for hydroxylation is 1. The van der Waals surface area contributed by atoms with Gasteiger partial charge in [-0.05, 0) is 37.1 Å². The van der Waals surface area contributed by atoms with E-state index in [0.717, 1.165) is 16.5 Å². The number of aromatic nitrogens is 2. The highest BCUT2D eigenvalue weighted by Crippen LogP contribution is 2.22. The Morgan fingerprint density at radius 1 is 1.35 bits per heavy atom. The minimum atomic E-state index is -0.195. The number of halogens is 1. The molecule has 136 valence electrons. The van der Waals surface area contributed by atoms with Crippen LogP contribution in [0.1, 0.15) is 11.3 Å². The summed E-state index contributed by atoms with van der Waals surface area (Å²) in [6.45, 7) is 2.42. The Morgan fingerprint density at radius 3 is 2.92 bits per heavy atom. The maximum Gasteiger partial charge on any atom is 0.239 e. The molecule has 2 aromatic heterocycles. The third-order valence-corrected chi connectivity index (χ3v) is 4.52. The first-order valence-electron chi connectivity index (χ1n) is 8.25. The highest BCUT2D eigenvalue weighted by Gasteiger charge is 2.09. The molecule has 2 heterocycles. The third kappa shape index (κ3) is 3.91. The van der Waals surface area contributed by atoms with E-state index in [2.05, 4.69) is 10.3 Å². The molecule has 0 fully saturated rings. The second-order valence-corrected chi connectivity index (χ2v) is 6.52. The molecule has 1 amide bonds. The fourth-order valence-electron chi connectivity index (χ4n) is 2.88. The van der Waals surface area contributed by atoms with Gasteiger partial charge in [0.2, 0.25) is 11.3 Å². The number of rotatable bonds is 6. The number of carbonyl (C=O) groups excluding carboxylic acids is 1. The number of ether oxygens (including phenoxy) is 1. The number of nitrogens with one attached hydrogen (secondary N) is 2. The van der Waals surface area contributed by atoms with Crippen molar-refractivity contribution in [2.75, 3.05) is 13.7 Å². The van der Waals surface area contributed by atoms with E-state index in [0.29, 0.717) is 23.7 Å². The summed E-state index contributed by atoms with van der Waals surface area (Å²) in [7, 11) is 1.43. The number of benzene rings is 1. The molecule has 0 unspecified atom stereocenters. The van der Waals surface area contributed by atoms with Gasteiger partial charge in [-0.3, -0.25) is 9.59 Å². The lowest BCUT2D eigenvalue weighted by Gasteiger charge is -2.12. The van der Waals surface area contributed by atoms with E-state index in [1.165, 1.54) is 13.2 Å². The Morgan fingerprint density at radius 2 is 2.15 bits per heavy atom. The Kier molecular flexibility index (Phi) is 5.32. The van der Waals surface area contributed by atoms with Crippen molar-refractivity contribution in [3.8, 4) is 5.75 Å². The Labute approximate surface area is 155 Å². The molecule has 3 rings (SSSR count). The summed E-state index contributed by atoms with van der Waals surface area (Å²) >= 11 is 6.05. The van der Waals surface area contributed by atoms with E-state index in [-0.39, 0.29) is 23.6 Å². The van der Waals surface area contributed by atoms with Crippen LogP contribution in [0.25, 0.3) is 10.9 Å². The van der Waals surface area contributed by atoms with Gasteiger partial charge < -0.3 is 19.6 Å². The van der Waals surface area contributed by atoms with Crippen LogP contribution >= 0.6 is 11.6 Å². The van der Waals surface area contributed by atoms with Gasteiger partial charge in [0.1, 0.15) is 6.54 Å². The first kappa shape index (κ1) is 18.1. The summed E-state index contributed by atoms with van der Waals surface area (Å²) in [5.74, 6) is 0.0933. The number of nitrogens with zero attached hydrogens (tertiary/aromatic N) is 1. The predicted octanol–water partition coefficient (Wildman–Crippen LogP) is 2.66. The van der Waals surface area contributed by atoms with Crippen molar-refractivity contribution in [3.05, 3.63) is 63.2 Å². The van der Waals surface area contributed by atoms with Crippen LogP contribution in [0.4, 0.5) is 0 Å². The molecule has 0 saturated carbocycles. The molecule has 0 aliphatic heterocycles. The molecule has 2 N–H and O–H groups in total. The number of aromatic amines is 1. The molecule has 7 heteroatoms. The summed E-state index contributed by atoms with van der Waals surface area (Å²) in [5, 5.41) is 4.65. The molecule has 0 aliphatic carbocycles. The smallest absolute Gasteiger partial charge is 0.239 e. The molecule has 0 bridgehead atoms. The Balaban J connectivity index is 1.61. The molecule has 0 spiro atoms. The van der Waals surface area contributed by atoms with Crippen LogP contribution in [-0.4, -0.2) is 29.1 Å². The van der Waals surface area contributed by atoms with Crippen LogP contribution in [0.5, 0.6) is 5.75 Å². The monoisotopic (exact) mass is 373 g/mol. The highest BCUT2D eigenvalue weighted by molar-refractivity contribution is 6.31. The third-order valence-electron chi connectivity index (χ3n) is 4.29. The van der Waals surface area contributed by atoms with Crippen LogP contribution in [0.2, 0.25) is 5.02 Å². The van der Waals surface area contributed by atoms with E-state index >= 15 is 0 Å². The van der Waals surface area contributed by atoms with Gasteiger partial charge in [-0.15, -0.1) is 0 Å². The second kappa shape index (κ2) is 7.66. The average molecular weight is 374 g/mol. The van der Waals surface area contributed by atoms with E-state index in [4.69, 9.17) is 16.3 Å². The second-order valence-electron chi connectivity index (χ2n) is 6.08. The Hall–Kier alpha value is -2.73. The van der Waals surface area contributed by atoms with Gasteiger partial charge in [-0.1, -0.05) is 11.6 Å². The normalized spacial score (nSPS) is 10.9. The minimum absolute atomic E-state index is 0.127. The molecule has 3 aromatic rings. The lowest BCUT2D eigenvalue weighted by Crippen LogP contribution is -2.30. The zero-order valence-corrected chi connectivity index (χ0v) is 15.4. The van der Waals surface area contributed by atoms with Crippen LogP contribution in [0, 0.1) is 6.92 Å². The van der Waals surface area contributed by atoms with Crippen molar-refractivity contribution in [3.63, 3.8) is 0 Å². The molecular formula is C19H20ClN3O3. The predicted molar refractivity (Wildman–Crippen MR) is 102 cm³/mol. The quantitative estimate of drug-likeness (QED) is 0.697. The molecule has 0 atom stereocenters. The van der Waals surface area contributed by atoms with E-state index in [9.17, 15) is 9.59 Å². The van der Waals surface area contributed by atoms with Crippen molar-refractivity contribution >= 4 is 28.4 Å². The summed E-state index contributed by atoms with van der Waals surface area (Å²) in [6.07, 6.45) is 4.18. The van der Waals surface area contributed by atoms with Gasteiger partial charge in [0, 0.05) is 40.4 Å². The summed E-state index contributed by atoms with van der Waals surface area (Å²) in [4.78, 5) is 27.1. The van der Waals surface area contributed by atoms with Gasteiger partial charge >= 0.3 is 0 Å². The van der Waals surface area contributed by atoms with Crippen molar-refractivity contribution in [2.24, 2.45) is 0 Å². The standard InChI is InChI=1S/C19H20ClN3O3/c1-12-7-17(24)18(26-2)10-23(12)11-19(25)21-6-5-13-9-22-16-4-3-14(20)8-15(13)16/h3-4,7-10,22H,5-6,11H2,1-2H3,(H,21,25). The fraction of sp³-hybridized carbons (Fsp3) is 0.263. The van der Waals surface area contributed by atoms with E-state index in [1.54, 1.807) is 17.7 Å². The minimum Gasteiger partial charge on any atom is -0.491 e. The molecular weight excluding hydrogens is 354 g/mol. The number of fused-ring (bicyclic) bond motifs is 1. The summed E-state index contributed by atoms with van der Waals surface area (Å²) < 4.78 is 6.72. The number of hydrogen-bond acceptors (Lipinski definition) is 3.